The molecular formula is C21H30N4O5S. The first-order valence-electron chi connectivity index (χ1n) is 9.76. The lowest BCUT2D eigenvalue weighted by molar-refractivity contribution is -0.141. The summed E-state index contributed by atoms with van der Waals surface area (Å²) in [7, 11) is 0. The predicted molar refractivity (Wildman–Crippen MR) is 118 cm³/mol. The van der Waals surface area contributed by atoms with Crippen LogP contribution in [0.3, 0.4) is 0 Å². The van der Waals surface area contributed by atoms with E-state index in [4.69, 9.17) is 4.74 Å². The molecule has 1 aromatic carbocycles. The van der Waals surface area contributed by atoms with Crippen molar-refractivity contribution in [3.8, 4) is 11.8 Å². The molecule has 0 aliphatic rings. The summed E-state index contributed by atoms with van der Waals surface area (Å²) in [5, 5.41) is 24.1. The quantitative estimate of drug-likeness (QED) is 0.354. The molecule has 1 rings (SSSR count). The molecule has 9 nitrogen and oxygen atoms in total. The van der Waals surface area contributed by atoms with Gasteiger partial charge in [0.2, 0.25) is 11.8 Å². The van der Waals surface area contributed by atoms with E-state index in [9.17, 15) is 24.8 Å². The Bertz CT molecular complexity index is 815. The van der Waals surface area contributed by atoms with Crippen molar-refractivity contribution in [1.29, 1.82) is 5.26 Å². The number of rotatable bonds is 8. The highest BCUT2D eigenvalue weighted by atomic mass is 32.1. The van der Waals surface area contributed by atoms with Gasteiger partial charge in [-0.3, -0.25) is 9.59 Å². The van der Waals surface area contributed by atoms with Gasteiger partial charge in [0, 0.05) is 11.8 Å². The second-order valence-corrected chi connectivity index (χ2v) is 8.53. The van der Waals surface area contributed by atoms with Gasteiger partial charge in [-0.25, -0.2) is 4.79 Å². The fourth-order valence-electron chi connectivity index (χ4n) is 2.70. The van der Waals surface area contributed by atoms with E-state index in [0.717, 1.165) is 4.90 Å². The Balaban J connectivity index is 3.29. The number of hydrogen-bond acceptors (Lipinski definition) is 7. The lowest BCUT2D eigenvalue weighted by Gasteiger charge is -2.33. The number of ether oxygens (including phenoxy) is 1. The Morgan fingerprint density at radius 1 is 1.19 bits per heavy atom. The number of benzene rings is 1. The van der Waals surface area contributed by atoms with E-state index >= 15 is 0 Å². The molecule has 170 valence electrons. The number of nitrogens with one attached hydrogen (secondary N) is 2. The van der Waals surface area contributed by atoms with Gasteiger partial charge in [-0.1, -0.05) is 12.1 Å². The molecule has 2 unspecified atom stereocenters. The number of carbonyl (C=O) groups is 3. The molecule has 0 aliphatic carbocycles. The molecule has 0 aliphatic heterocycles. The number of phenols is 1. The van der Waals surface area contributed by atoms with E-state index in [1.807, 2.05) is 6.07 Å². The molecular weight excluding hydrogens is 420 g/mol. The van der Waals surface area contributed by atoms with Crippen molar-refractivity contribution in [1.82, 2.24) is 15.5 Å². The topological polar surface area (TPSA) is 132 Å². The Kier molecular flexibility index (Phi) is 9.65. The number of thiol groups is 1. The number of amides is 3. The van der Waals surface area contributed by atoms with Gasteiger partial charge in [0.05, 0.1) is 6.07 Å². The molecule has 0 bridgehead atoms. The van der Waals surface area contributed by atoms with Crippen LogP contribution in [0.4, 0.5) is 4.79 Å². The molecule has 10 heteroatoms. The second kappa shape index (κ2) is 11.5. The number of alkyl carbamates (subject to hydrolysis) is 1. The maximum atomic E-state index is 13.3. The number of aromatic hydroxyl groups is 1. The zero-order chi connectivity index (χ0) is 23.8. The Hall–Kier alpha value is -2.93. The molecule has 3 amide bonds. The van der Waals surface area contributed by atoms with E-state index < -0.39 is 42.1 Å². The van der Waals surface area contributed by atoms with Gasteiger partial charge in [-0.2, -0.15) is 17.9 Å². The van der Waals surface area contributed by atoms with Crippen LogP contribution in [0.15, 0.2) is 24.3 Å². The first kappa shape index (κ1) is 26.1. The number of carbonyl (C=O) groups excluding carboxylic acids is 3. The number of phenolic OH excluding ortho intramolecular Hbond substituents is 1. The minimum Gasteiger partial charge on any atom is -0.508 e. The Labute approximate surface area is 188 Å². The molecule has 0 saturated carbocycles. The van der Waals surface area contributed by atoms with Gasteiger partial charge < -0.3 is 25.4 Å². The lowest BCUT2D eigenvalue weighted by Crippen LogP contribution is -2.54. The first-order valence-corrected chi connectivity index (χ1v) is 10.4. The van der Waals surface area contributed by atoms with Gasteiger partial charge in [-0.05, 0) is 52.3 Å². The van der Waals surface area contributed by atoms with Gasteiger partial charge in [0.1, 0.15) is 30.0 Å². The Morgan fingerprint density at radius 3 is 2.23 bits per heavy atom. The highest BCUT2D eigenvalue weighted by Gasteiger charge is 2.36. The first-order chi connectivity index (χ1) is 14.4. The van der Waals surface area contributed by atoms with Crippen molar-refractivity contribution in [2.24, 2.45) is 0 Å². The van der Waals surface area contributed by atoms with E-state index in [2.05, 4.69) is 23.3 Å². The number of nitrogens with zero attached hydrogens (tertiary/aromatic N) is 2. The molecule has 0 spiro atoms. The summed E-state index contributed by atoms with van der Waals surface area (Å²) in [5.41, 5.74) is -0.374. The average Bonchev–Trinajstić information content (AvgIpc) is 2.64. The SMILES string of the molecule is CC(C)NC(=O)C(c1ccc(O)cc1)N(CC#N)C(=O)C(CS)NC(=O)OC(C)(C)C. The maximum Gasteiger partial charge on any atom is 0.408 e. The van der Waals surface area contributed by atoms with Gasteiger partial charge >= 0.3 is 6.09 Å². The lowest BCUT2D eigenvalue weighted by atomic mass is 10.0. The van der Waals surface area contributed by atoms with Crippen LogP contribution in [-0.4, -0.2) is 57.9 Å². The van der Waals surface area contributed by atoms with Crippen LogP contribution >= 0.6 is 12.6 Å². The third-order valence-electron chi connectivity index (χ3n) is 3.90. The van der Waals surface area contributed by atoms with E-state index in [0.29, 0.717) is 5.56 Å². The predicted octanol–water partition coefficient (Wildman–Crippen LogP) is 2.13. The summed E-state index contributed by atoms with van der Waals surface area (Å²) in [6.07, 6.45) is -0.815. The minimum absolute atomic E-state index is 0.00949. The standard InChI is InChI=1S/C21H30N4O5S/c1-13(2)23-18(27)17(14-6-8-15(26)9-7-14)25(11-10-22)19(28)16(12-31)24-20(29)30-21(3,4)5/h6-9,13,16-17,26,31H,11-12H2,1-5H3,(H,23,27)(H,24,29). The van der Waals surface area contributed by atoms with E-state index in [-0.39, 0.29) is 17.5 Å². The zero-order valence-electron chi connectivity index (χ0n) is 18.4. The smallest absolute Gasteiger partial charge is 0.408 e. The second-order valence-electron chi connectivity index (χ2n) is 8.16. The number of nitriles is 1. The van der Waals surface area contributed by atoms with Gasteiger partial charge in [-0.15, -0.1) is 0 Å². The van der Waals surface area contributed by atoms with Crippen LogP contribution < -0.4 is 10.6 Å². The monoisotopic (exact) mass is 450 g/mol. The van der Waals surface area contributed by atoms with Crippen LogP contribution in [0.2, 0.25) is 0 Å². The van der Waals surface area contributed by atoms with Crippen LogP contribution in [0, 0.1) is 11.3 Å². The molecule has 0 aromatic heterocycles. The molecule has 31 heavy (non-hydrogen) atoms. The van der Waals surface area contributed by atoms with E-state index in [1.165, 1.54) is 24.3 Å². The fraction of sp³-hybridized carbons (Fsp3) is 0.524. The summed E-state index contributed by atoms with van der Waals surface area (Å²) >= 11 is 4.15. The molecule has 2 atom stereocenters. The molecule has 0 heterocycles. The molecule has 3 N–H and O–H groups in total. The van der Waals surface area contributed by atoms with Crippen LogP contribution in [-0.2, 0) is 14.3 Å². The van der Waals surface area contributed by atoms with Crippen molar-refractivity contribution in [2.45, 2.75) is 58.3 Å². The van der Waals surface area contributed by atoms with E-state index in [1.54, 1.807) is 34.6 Å². The fourth-order valence-corrected chi connectivity index (χ4v) is 2.95. The van der Waals surface area contributed by atoms with Crippen molar-refractivity contribution < 1.29 is 24.2 Å². The summed E-state index contributed by atoms with van der Waals surface area (Å²) in [4.78, 5) is 39.5. The maximum absolute atomic E-state index is 13.3. The highest BCUT2D eigenvalue weighted by Crippen LogP contribution is 2.24. The average molecular weight is 451 g/mol. The largest absolute Gasteiger partial charge is 0.508 e. The van der Waals surface area contributed by atoms with Gasteiger partial charge in [0.25, 0.3) is 0 Å². The summed E-state index contributed by atoms with van der Waals surface area (Å²) in [5.74, 6) is -1.25. The molecule has 0 fully saturated rings. The Morgan fingerprint density at radius 2 is 1.77 bits per heavy atom. The van der Waals surface area contributed by atoms with Crippen molar-refractivity contribution >= 4 is 30.5 Å². The van der Waals surface area contributed by atoms with Gasteiger partial charge in [0.15, 0.2) is 0 Å². The molecule has 0 saturated heterocycles. The van der Waals surface area contributed by atoms with Crippen molar-refractivity contribution in [3.63, 3.8) is 0 Å². The zero-order valence-corrected chi connectivity index (χ0v) is 19.3. The molecule has 1 aromatic rings. The summed E-state index contributed by atoms with van der Waals surface area (Å²) in [6, 6.07) is 5.16. The van der Waals surface area contributed by atoms with Crippen molar-refractivity contribution in [2.75, 3.05) is 12.3 Å². The number of hydrogen-bond donors (Lipinski definition) is 4. The molecule has 0 radical (unpaired) electrons. The van der Waals surface area contributed by atoms with Crippen molar-refractivity contribution in [3.05, 3.63) is 29.8 Å². The van der Waals surface area contributed by atoms with Crippen LogP contribution in [0.25, 0.3) is 0 Å². The minimum atomic E-state index is -1.15. The van der Waals surface area contributed by atoms with Crippen LogP contribution in [0.1, 0.15) is 46.2 Å². The van der Waals surface area contributed by atoms with Crippen LogP contribution in [0.5, 0.6) is 5.75 Å². The summed E-state index contributed by atoms with van der Waals surface area (Å²) in [6.45, 7) is 8.18. The highest BCUT2D eigenvalue weighted by molar-refractivity contribution is 7.80. The summed E-state index contributed by atoms with van der Waals surface area (Å²) < 4.78 is 5.19. The normalized spacial score (nSPS) is 13.0. The third kappa shape index (κ3) is 8.38. The third-order valence-corrected chi connectivity index (χ3v) is 4.26.